The normalized spacial score (nSPS) is 12.9. The van der Waals surface area contributed by atoms with E-state index >= 15 is 0 Å². The zero-order chi connectivity index (χ0) is 13.8. The number of nitrogens with two attached hydrogens (primary N) is 1. The van der Waals surface area contributed by atoms with Crippen LogP contribution in [0.1, 0.15) is 36.7 Å². The van der Waals surface area contributed by atoms with Gasteiger partial charge in [0.25, 0.3) is 0 Å². The fourth-order valence-electron chi connectivity index (χ4n) is 2.35. The Hall–Kier alpha value is -1.68. The highest BCUT2D eigenvalue weighted by Crippen LogP contribution is 2.23. The van der Waals surface area contributed by atoms with Gasteiger partial charge in [-0.25, -0.2) is 4.98 Å². The Morgan fingerprint density at radius 3 is 2.79 bits per heavy atom. The molecule has 1 unspecified atom stereocenters. The van der Waals surface area contributed by atoms with Crippen LogP contribution in [0.2, 0.25) is 0 Å². The molecule has 0 aliphatic heterocycles. The monoisotopic (exact) mass is 258 g/mol. The second-order valence-corrected chi connectivity index (χ2v) is 5.30. The van der Waals surface area contributed by atoms with Gasteiger partial charge in [-0.3, -0.25) is 4.98 Å². The molecule has 2 aromatic heterocycles. The summed E-state index contributed by atoms with van der Waals surface area (Å²) in [6.45, 7) is 7.87. The van der Waals surface area contributed by atoms with Crippen LogP contribution in [-0.4, -0.2) is 21.1 Å². The molecule has 0 saturated heterocycles. The molecule has 0 aliphatic carbocycles. The molecule has 102 valence electrons. The van der Waals surface area contributed by atoms with Crippen LogP contribution in [0.5, 0.6) is 0 Å². The number of nitrogens with zero attached hydrogens (tertiary/aromatic N) is 3. The maximum Gasteiger partial charge on any atom is 0.0951 e. The minimum atomic E-state index is 0.339. The largest absolute Gasteiger partial charge is 0.330 e. The Labute approximate surface area is 114 Å². The first-order valence-electron chi connectivity index (χ1n) is 6.74. The van der Waals surface area contributed by atoms with Crippen LogP contribution in [0, 0.1) is 12.8 Å². The highest BCUT2D eigenvalue weighted by atomic mass is 15.1. The molecule has 2 heterocycles. The third-order valence-electron chi connectivity index (χ3n) is 3.62. The number of pyridine rings is 1. The molecule has 0 aliphatic rings. The highest BCUT2D eigenvalue weighted by molar-refractivity contribution is 5.19. The van der Waals surface area contributed by atoms with Crippen LogP contribution >= 0.6 is 0 Å². The second-order valence-electron chi connectivity index (χ2n) is 5.30. The molecule has 4 nitrogen and oxygen atoms in total. The molecule has 2 N–H and O–H groups in total. The summed E-state index contributed by atoms with van der Waals surface area (Å²) in [6.07, 6.45) is 5.63. The Kier molecular flexibility index (Phi) is 4.32. The van der Waals surface area contributed by atoms with Crippen molar-refractivity contribution in [2.24, 2.45) is 11.7 Å². The molecule has 19 heavy (non-hydrogen) atoms. The molecule has 0 aromatic carbocycles. The molecule has 4 heteroatoms. The van der Waals surface area contributed by atoms with Gasteiger partial charge in [-0.1, -0.05) is 19.9 Å². The van der Waals surface area contributed by atoms with Gasteiger partial charge in [-0.05, 0) is 24.5 Å². The maximum atomic E-state index is 5.90. The quantitative estimate of drug-likeness (QED) is 0.895. The van der Waals surface area contributed by atoms with E-state index in [0.29, 0.717) is 18.4 Å². The van der Waals surface area contributed by atoms with Crippen molar-refractivity contribution in [3.8, 4) is 0 Å². The molecule has 0 amide bonds. The first-order chi connectivity index (χ1) is 9.13. The van der Waals surface area contributed by atoms with E-state index in [4.69, 9.17) is 5.73 Å². The lowest BCUT2D eigenvalue weighted by Gasteiger charge is -2.20. The average Bonchev–Trinajstić information content (AvgIpc) is 2.81. The zero-order valence-corrected chi connectivity index (χ0v) is 11.9. The number of hydrogen-bond donors (Lipinski definition) is 1. The number of hydrogen-bond acceptors (Lipinski definition) is 3. The average molecular weight is 258 g/mol. The van der Waals surface area contributed by atoms with E-state index in [-0.39, 0.29) is 0 Å². The van der Waals surface area contributed by atoms with Crippen molar-refractivity contribution < 1.29 is 0 Å². The number of aromatic nitrogens is 3. The standard InChI is InChI=1S/C15H22N4/c1-11(2)13(7-16)15-8-17-10-19(15)9-14-12(3)5-4-6-18-14/h4-6,8,10-11,13H,7,9,16H2,1-3H3. The molecular formula is C15H22N4. The summed E-state index contributed by atoms with van der Waals surface area (Å²) in [5.41, 5.74) is 9.39. The minimum absolute atomic E-state index is 0.339. The second kappa shape index (κ2) is 5.97. The Bertz CT molecular complexity index is 530. The third-order valence-corrected chi connectivity index (χ3v) is 3.62. The lowest BCUT2D eigenvalue weighted by Crippen LogP contribution is -2.21. The predicted molar refractivity (Wildman–Crippen MR) is 76.9 cm³/mol. The minimum Gasteiger partial charge on any atom is -0.330 e. The van der Waals surface area contributed by atoms with Crippen molar-refractivity contribution in [3.05, 3.63) is 47.8 Å². The van der Waals surface area contributed by atoms with Gasteiger partial charge in [0.2, 0.25) is 0 Å². The fraction of sp³-hybridized carbons (Fsp3) is 0.467. The summed E-state index contributed by atoms with van der Waals surface area (Å²) in [6, 6.07) is 4.05. The molecule has 0 radical (unpaired) electrons. The topological polar surface area (TPSA) is 56.7 Å². The van der Waals surface area contributed by atoms with E-state index in [2.05, 4.69) is 41.4 Å². The molecule has 1 atom stereocenters. The Morgan fingerprint density at radius 2 is 2.16 bits per heavy atom. The molecule has 0 spiro atoms. The Balaban J connectivity index is 2.27. The van der Waals surface area contributed by atoms with Gasteiger partial charge in [-0.15, -0.1) is 0 Å². The van der Waals surface area contributed by atoms with Crippen LogP contribution in [0.4, 0.5) is 0 Å². The summed E-state index contributed by atoms with van der Waals surface area (Å²) in [5.74, 6) is 0.844. The van der Waals surface area contributed by atoms with Crippen molar-refractivity contribution >= 4 is 0 Å². The van der Waals surface area contributed by atoms with E-state index in [1.807, 2.05) is 24.8 Å². The molecule has 2 aromatic rings. The van der Waals surface area contributed by atoms with E-state index in [1.54, 1.807) is 0 Å². The molecular weight excluding hydrogens is 236 g/mol. The predicted octanol–water partition coefficient (Wildman–Crippen LogP) is 2.33. The van der Waals surface area contributed by atoms with Crippen molar-refractivity contribution in [1.82, 2.24) is 14.5 Å². The van der Waals surface area contributed by atoms with Crippen LogP contribution in [-0.2, 0) is 6.54 Å². The van der Waals surface area contributed by atoms with E-state index in [9.17, 15) is 0 Å². The molecule has 2 rings (SSSR count). The number of rotatable bonds is 5. The molecule has 0 saturated carbocycles. The molecule has 0 bridgehead atoms. The number of aryl methyl sites for hydroxylation is 1. The third kappa shape index (κ3) is 3.01. The zero-order valence-electron chi connectivity index (χ0n) is 11.9. The van der Waals surface area contributed by atoms with Crippen LogP contribution < -0.4 is 5.73 Å². The summed E-state index contributed by atoms with van der Waals surface area (Å²) < 4.78 is 2.16. The van der Waals surface area contributed by atoms with Gasteiger partial charge in [0.05, 0.1) is 18.6 Å². The first-order valence-corrected chi connectivity index (χ1v) is 6.74. The van der Waals surface area contributed by atoms with Gasteiger partial charge >= 0.3 is 0 Å². The van der Waals surface area contributed by atoms with Crippen molar-refractivity contribution in [2.45, 2.75) is 33.2 Å². The SMILES string of the molecule is Cc1cccnc1Cn1cncc1C(CN)C(C)C. The number of imidazole rings is 1. The fourth-order valence-corrected chi connectivity index (χ4v) is 2.35. The summed E-state index contributed by atoms with van der Waals surface area (Å²) in [7, 11) is 0. The van der Waals surface area contributed by atoms with Gasteiger partial charge in [0.1, 0.15) is 0 Å². The summed E-state index contributed by atoms with van der Waals surface area (Å²) in [4.78, 5) is 8.72. The van der Waals surface area contributed by atoms with Gasteiger partial charge < -0.3 is 10.3 Å². The van der Waals surface area contributed by atoms with E-state index in [1.165, 1.54) is 11.3 Å². The lowest BCUT2D eigenvalue weighted by molar-refractivity contribution is 0.477. The van der Waals surface area contributed by atoms with Crippen LogP contribution in [0.25, 0.3) is 0 Å². The lowest BCUT2D eigenvalue weighted by atomic mass is 9.93. The molecule has 0 fully saturated rings. The van der Waals surface area contributed by atoms with Crippen molar-refractivity contribution in [2.75, 3.05) is 6.54 Å². The maximum absolute atomic E-state index is 5.90. The van der Waals surface area contributed by atoms with Crippen molar-refractivity contribution in [1.29, 1.82) is 0 Å². The van der Waals surface area contributed by atoms with E-state index in [0.717, 1.165) is 12.2 Å². The van der Waals surface area contributed by atoms with Crippen molar-refractivity contribution in [3.63, 3.8) is 0 Å². The summed E-state index contributed by atoms with van der Waals surface area (Å²) >= 11 is 0. The highest BCUT2D eigenvalue weighted by Gasteiger charge is 2.18. The Morgan fingerprint density at radius 1 is 1.37 bits per heavy atom. The van der Waals surface area contributed by atoms with Gasteiger partial charge in [-0.2, -0.15) is 0 Å². The van der Waals surface area contributed by atoms with Gasteiger partial charge in [0.15, 0.2) is 0 Å². The van der Waals surface area contributed by atoms with Gasteiger partial charge in [0, 0.05) is 30.6 Å². The smallest absolute Gasteiger partial charge is 0.0951 e. The van der Waals surface area contributed by atoms with Crippen LogP contribution in [0.15, 0.2) is 30.9 Å². The first kappa shape index (κ1) is 13.7. The summed E-state index contributed by atoms with van der Waals surface area (Å²) in [5, 5.41) is 0. The van der Waals surface area contributed by atoms with Crippen LogP contribution in [0.3, 0.4) is 0 Å². The van der Waals surface area contributed by atoms with E-state index < -0.39 is 0 Å².